The molecule has 5 nitrogen and oxygen atoms in total. The van der Waals surface area contributed by atoms with Gasteiger partial charge in [0.1, 0.15) is 18.2 Å². The number of rotatable bonds is 6. The highest BCUT2D eigenvalue weighted by molar-refractivity contribution is 5.35. The molecule has 1 rings (SSSR count). The Hall–Kier alpha value is -1.67. The van der Waals surface area contributed by atoms with Crippen LogP contribution in [0.4, 0.5) is 0 Å². The average molecular weight is 221 g/mol. The van der Waals surface area contributed by atoms with E-state index in [1.807, 2.05) is 6.07 Å². The average Bonchev–Trinajstić information content (AvgIpc) is 2.29. The second-order valence-corrected chi connectivity index (χ2v) is 3.68. The van der Waals surface area contributed by atoms with E-state index in [2.05, 4.69) is 24.0 Å². The second-order valence-electron chi connectivity index (χ2n) is 3.68. The van der Waals surface area contributed by atoms with Crippen LogP contribution in [0.25, 0.3) is 0 Å². The van der Waals surface area contributed by atoms with Gasteiger partial charge in [0, 0.05) is 6.61 Å². The first-order chi connectivity index (χ1) is 7.74. The van der Waals surface area contributed by atoms with Gasteiger partial charge in [0.25, 0.3) is 5.88 Å². The molecule has 0 aliphatic heterocycles. The fraction of sp³-hybridized carbons (Fsp3) is 0.545. The van der Waals surface area contributed by atoms with Crippen LogP contribution in [0.5, 0.6) is 5.88 Å². The van der Waals surface area contributed by atoms with Crippen molar-refractivity contribution in [2.75, 3.05) is 19.8 Å². The second kappa shape index (κ2) is 6.75. The number of nitrogens with zero attached hydrogens (tertiary/aromatic N) is 3. The minimum atomic E-state index is 0.262. The van der Waals surface area contributed by atoms with Crippen LogP contribution in [0.1, 0.15) is 19.4 Å². The zero-order valence-corrected chi connectivity index (χ0v) is 9.51. The topological polar surface area (TPSA) is 68.0 Å². The summed E-state index contributed by atoms with van der Waals surface area (Å²) in [5, 5.41) is 16.2. The molecule has 0 unspecified atom stereocenters. The third-order valence-corrected chi connectivity index (χ3v) is 1.72. The van der Waals surface area contributed by atoms with Crippen molar-refractivity contribution in [3.63, 3.8) is 0 Å². The molecular formula is C11H15N3O2. The Morgan fingerprint density at radius 1 is 1.44 bits per heavy atom. The molecule has 0 aliphatic carbocycles. The number of hydrogen-bond acceptors (Lipinski definition) is 5. The van der Waals surface area contributed by atoms with Crippen LogP contribution >= 0.6 is 0 Å². The van der Waals surface area contributed by atoms with Crippen LogP contribution in [0.15, 0.2) is 12.3 Å². The van der Waals surface area contributed by atoms with Crippen molar-refractivity contribution in [1.82, 2.24) is 10.2 Å². The zero-order valence-electron chi connectivity index (χ0n) is 9.51. The third kappa shape index (κ3) is 4.24. The van der Waals surface area contributed by atoms with E-state index in [0.717, 1.165) is 0 Å². The van der Waals surface area contributed by atoms with E-state index in [0.29, 0.717) is 31.3 Å². The molecule has 1 heterocycles. The molecule has 86 valence electrons. The Labute approximate surface area is 95.0 Å². The van der Waals surface area contributed by atoms with Gasteiger partial charge in [-0.25, -0.2) is 0 Å². The molecule has 0 fully saturated rings. The summed E-state index contributed by atoms with van der Waals surface area (Å²) in [6.07, 6.45) is 1.46. The fourth-order valence-corrected chi connectivity index (χ4v) is 1.03. The fourth-order valence-electron chi connectivity index (χ4n) is 1.03. The van der Waals surface area contributed by atoms with Gasteiger partial charge in [-0.3, -0.25) is 0 Å². The molecule has 0 atom stereocenters. The largest absolute Gasteiger partial charge is 0.473 e. The lowest BCUT2D eigenvalue weighted by Crippen LogP contribution is -2.11. The summed E-state index contributed by atoms with van der Waals surface area (Å²) in [5.74, 6) is 0.768. The highest BCUT2D eigenvalue weighted by atomic mass is 16.5. The summed E-state index contributed by atoms with van der Waals surface area (Å²) >= 11 is 0. The number of aromatic nitrogens is 2. The van der Waals surface area contributed by atoms with E-state index in [1.54, 1.807) is 6.07 Å². The highest BCUT2D eigenvalue weighted by Gasteiger charge is 2.04. The Bertz CT molecular complexity index is 360. The minimum absolute atomic E-state index is 0.262. The summed E-state index contributed by atoms with van der Waals surface area (Å²) in [6, 6.07) is 3.55. The smallest absolute Gasteiger partial charge is 0.251 e. The van der Waals surface area contributed by atoms with E-state index in [1.165, 1.54) is 6.20 Å². The molecule has 0 saturated heterocycles. The summed E-state index contributed by atoms with van der Waals surface area (Å²) in [5.41, 5.74) is 0.388. The van der Waals surface area contributed by atoms with Crippen molar-refractivity contribution in [1.29, 1.82) is 5.26 Å². The molecule has 0 radical (unpaired) electrons. The van der Waals surface area contributed by atoms with Gasteiger partial charge in [0.05, 0.1) is 12.8 Å². The van der Waals surface area contributed by atoms with E-state index in [9.17, 15) is 0 Å². The summed E-state index contributed by atoms with van der Waals surface area (Å²) in [4.78, 5) is 0. The van der Waals surface area contributed by atoms with Crippen molar-refractivity contribution in [2.24, 2.45) is 5.92 Å². The Morgan fingerprint density at radius 3 is 2.94 bits per heavy atom. The minimum Gasteiger partial charge on any atom is -0.473 e. The quantitative estimate of drug-likeness (QED) is 0.679. The standard InChI is InChI=1S/C11H15N3O2/c1-9(2)8-15-5-6-16-11-10(7-12)3-4-13-14-11/h3-4,9H,5-6,8H2,1-2H3. The maximum atomic E-state index is 8.76. The lowest BCUT2D eigenvalue weighted by Gasteiger charge is -2.08. The Morgan fingerprint density at radius 2 is 2.25 bits per heavy atom. The first-order valence-electron chi connectivity index (χ1n) is 5.16. The molecule has 0 saturated carbocycles. The zero-order chi connectivity index (χ0) is 11.8. The molecule has 16 heavy (non-hydrogen) atoms. The van der Waals surface area contributed by atoms with Gasteiger partial charge in [-0.05, 0) is 12.0 Å². The van der Waals surface area contributed by atoms with Gasteiger partial charge in [-0.15, -0.1) is 5.10 Å². The molecule has 0 N–H and O–H groups in total. The normalized spacial score (nSPS) is 10.1. The Kier molecular flexibility index (Phi) is 5.23. The van der Waals surface area contributed by atoms with Gasteiger partial charge in [-0.1, -0.05) is 13.8 Å². The van der Waals surface area contributed by atoms with Crippen LogP contribution < -0.4 is 4.74 Å². The predicted octanol–water partition coefficient (Wildman–Crippen LogP) is 1.40. The van der Waals surface area contributed by atoms with Crippen LogP contribution in [0.2, 0.25) is 0 Å². The van der Waals surface area contributed by atoms with Crippen molar-refractivity contribution in [3.8, 4) is 11.9 Å². The summed E-state index contributed by atoms with van der Waals surface area (Å²) in [7, 11) is 0. The van der Waals surface area contributed by atoms with Gasteiger partial charge < -0.3 is 9.47 Å². The maximum absolute atomic E-state index is 8.76. The molecule has 0 spiro atoms. The van der Waals surface area contributed by atoms with Gasteiger partial charge in [0.2, 0.25) is 0 Å². The van der Waals surface area contributed by atoms with Crippen molar-refractivity contribution < 1.29 is 9.47 Å². The van der Waals surface area contributed by atoms with Crippen LogP contribution in [-0.4, -0.2) is 30.0 Å². The molecule has 1 aromatic heterocycles. The van der Waals surface area contributed by atoms with Crippen molar-refractivity contribution in [3.05, 3.63) is 17.8 Å². The van der Waals surface area contributed by atoms with Crippen molar-refractivity contribution in [2.45, 2.75) is 13.8 Å². The van der Waals surface area contributed by atoms with E-state index in [-0.39, 0.29) is 5.88 Å². The predicted molar refractivity (Wildman–Crippen MR) is 57.9 cm³/mol. The molecule has 1 aromatic rings. The third-order valence-electron chi connectivity index (χ3n) is 1.72. The summed E-state index contributed by atoms with van der Waals surface area (Å²) in [6.45, 7) is 5.73. The van der Waals surface area contributed by atoms with Crippen LogP contribution in [0.3, 0.4) is 0 Å². The molecule has 5 heteroatoms. The monoisotopic (exact) mass is 221 g/mol. The first kappa shape index (κ1) is 12.4. The maximum Gasteiger partial charge on any atom is 0.251 e. The lowest BCUT2D eigenvalue weighted by molar-refractivity contribution is 0.0802. The van der Waals surface area contributed by atoms with Crippen molar-refractivity contribution >= 4 is 0 Å². The Balaban J connectivity index is 2.30. The molecule has 0 bridgehead atoms. The molecule has 0 aliphatic rings. The van der Waals surface area contributed by atoms with E-state index in [4.69, 9.17) is 14.7 Å². The molecular weight excluding hydrogens is 206 g/mol. The molecule has 0 amide bonds. The van der Waals surface area contributed by atoms with Crippen LogP contribution in [-0.2, 0) is 4.74 Å². The number of ether oxygens (including phenoxy) is 2. The highest BCUT2D eigenvalue weighted by Crippen LogP contribution is 2.10. The first-order valence-corrected chi connectivity index (χ1v) is 5.16. The SMILES string of the molecule is CC(C)COCCOc1nnccc1C#N. The molecule has 0 aromatic carbocycles. The van der Waals surface area contributed by atoms with E-state index >= 15 is 0 Å². The van der Waals surface area contributed by atoms with Crippen LogP contribution in [0, 0.1) is 17.2 Å². The van der Waals surface area contributed by atoms with Gasteiger partial charge >= 0.3 is 0 Å². The lowest BCUT2D eigenvalue weighted by atomic mass is 10.2. The van der Waals surface area contributed by atoms with E-state index < -0.39 is 0 Å². The van der Waals surface area contributed by atoms with Gasteiger partial charge in [0.15, 0.2) is 0 Å². The van der Waals surface area contributed by atoms with Gasteiger partial charge in [-0.2, -0.15) is 10.4 Å². The number of nitriles is 1. The number of hydrogen-bond donors (Lipinski definition) is 0. The summed E-state index contributed by atoms with van der Waals surface area (Å²) < 4.78 is 10.6.